The Labute approximate surface area is 135 Å². The van der Waals surface area contributed by atoms with Gasteiger partial charge in [-0.3, -0.25) is 9.36 Å². The molecule has 0 aliphatic heterocycles. The number of halogens is 1. The summed E-state index contributed by atoms with van der Waals surface area (Å²) in [6, 6.07) is 9.00. The maximum absolute atomic E-state index is 12.3. The van der Waals surface area contributed by atoms with Crippen molar-refractivity contribution in [2.24, 2.45) is 10.2 Å². The molecule has 0 spiro atoms. The molecule has 7 heteroatoms. The number of pyridine rings is 1. The second-order valence-electron chi connectivity index (χ2n) is 4.51. The summed E-state index contributed by atoms with van der Waals surface area (Å²) in [4.78, 5) is 12.3. The molecule has 1 N–H and O–H groups in total. The molecule has 0 saturated carbocycles. The molecule has 0 aliphatic carbocycles. The van der Waals surface area contributed by atoms with Crippen LogP contribution in [-0.2, 0) is 6.54 Å². The zero-order valence-electron chi connectivity index (χ0n) is 12.0. The fourth-order valence-corrected chi connectivity index (χ4v) is 2.23. The van der Waals surface area contributed by atoms with Gasteiger partial charge in [0.2, 0.25) is 5.88 Å². The number of nitrogens with zero attached hydrogens (tertiary/aromatic N) is 4. The molecule has 0 fully saturated rings. The number of aromatic nitrogens is 1. The Morgan fingerprint density at radius 3 is 2.50 bits per heavy atom. The van der Waals surface area contributed by atoms with Gasteiger partial charge in [0, 0.05) is 16.6 Å². The molecule has 2 aromatic rings. The number of rotatable bonds is 3. The topological polar surface area (TPSA) is 90.7 Å². The highest BCUT2D eigenvalue weighted by molar-refractivity contribution is 9.10. The van der Waals surface area contributed by atoms with E-state index >= 15 is 0 Å². The number of hydrogen-bond donors (Lipinski definition) is 1. The highest BCUT2D eigenvalue weighted by Crippen LogP contribution is 2.27. The van der Waals surface area contributed by atoms with E-state index in [4.69, 9.17) is 5.26 Å². The quantitative estimate of drug-likeness (QED) is 0.840. The predicted molar refractivity (Wildman–Crippen MR) is 85.8 cm³/mol. The van der Waals surface area contributed by atoms with Crippen LogP contribution < -0.4 is 5.56 Å². The second-order valence-corrected chi connectivity index (χ2v) is 5.43. The van der Waals surface area contributed by atoms with Crippen molar-refractivity contribution in [2.75, 3.05) is 0 Å². The number of azo groups is 1. The Morgan fingerprint density at radius 2 is 1.95 bits per heavy atom. The van der Waals surface area contributed by atoms with Crippen LogP contribution in [0.15, 0.2) is 43.8 Å². The van der Waals surface area contributed by atoms with E-state index in [1.165, 1.54) is 0 Å². The summed E-state index contributed by atoms with van der Waals surface area (Å²) in [5, 5.41) is 27.1. The van der Waals surface area contributed by atoms with Gasteiger partial charge in [-0.25, -0.2) is 0 Å². The lowest BCUT2D eigenvalue weighted by Crippen LogP contribution is -2.20. The van der Waals surface area contributed by atoms with E-state index in [1.807, 2.05) is 18.2 Å². The van der Waals surface area contributed by atoms with Crippen LogP contribution in [-0.4, -0.2) is 9.67 Å². The van der Waals surface area contributed by atoms with Gasteiger partial charge < -0.3 is 5.11 Å². The zero-order valence-corrected chi connectivity index (χ0v) is 13.6. The van der Waals surface area contributed by atoms with E-state index in [1.54, 1.807) is 26.0 Å². The average Bonchev–Trinajstić information content (AvgIpc) is 2.50. The van der Waals surface area contributed by atoms with Gasteiger partial charge >= 0.3 is 0 Å². The Balaban J connectivity index is 2.58. The van der Waals surface area contributed by atoms with Gasteiger partial charge in [0.15, 0.2) is 5.69 Å². The number of benzene rings is 1. The van der Waals surface area contributed by atoms with E-state index in [0.717, 1.165) is 9.04 Å². The largest absolute Gasteiger partial charge is 0.493 e. The van der Waals surface area contributed by atoms with Crippen molar-refractivity contribution < 1.29 is 5.11 Å². The number of hydrogen-bond acceptors (Lipinski definition) is 5. The van der Waals surface area contributed by atoms with Crippen molar-refractivity contribution in [3.63, 3.8) is 0 Å². The maximum atomic E-state index is 12.3. The van der Waals surface area contributed by atoms with Crippen LogP contribution in [0.25, 0.3) is 0 Å². The van der Waals surface area contributed by atoms with Gasteiger partial charge in [-0.15, -0.1) is 5.11 Å². The molecule has 0 amide bonds. The van der Waals surface area contributed by atoms with Gasteiger partial charge in [-0.1, -0.05) is 15.9 Å². The third kappa shape index (κ3) is 2.92. The first kappa shape index (κ1) is 15.9. The highest BCUT2D eigenvalue weighted by atomic mass is 79.9. The van der Waals surface area contributed by atoms with Crippen LogP contribution in [0.2, 0.25) is 0 Å². The average molecular weight is 361 g/mol. The van der Waals surface area contributed by atoms with Crippen LogP contribution in [0.3, 0.4) is 0 Å². The van der Waals surface area contributed by atoms with Gasteiger partial charge in [0.05, 0.1) is 5.69 Å². The minimum absolute atomic E-state index is 0.0335. The van der Waals surface area contributed by atoms with E-state index in [0.29, 0.717) is 11.3 Å². The first-order valence-electron chi connectivity index (χ1n) is 6.53. The van der Waals surface area contributed by atoms with Crippen LogP contribution in [0, 0.1) is 18.3 Å². The molecule has 1 aromatic heterocycles. The molecule has 0 bridgehead atoms. The lowest BCUT2D eigenvalue weighted by molar-refractivity contribution is 0.409. The van der Waals surface area contributed by atoms with E-state index < -0.39 is 5.56 Å². The van der Waals surface area contributed by atoms with Gasteiger partial charge in [-0.2, -0.15) is 10.4 Å². The van der Waals surface area contributed by atoms with E-state index in [2.05, 4.69) is 26.2 Å². The molecule has 2 rings (SSSR count). The first-order valence-corrected chi connectivity index (χ1v) is 7.32. The Morgan fingerprint density at radius 1 is 1.32 bits per heavy atom. The minimum Gasteiger partial charge on any atom is -0.493 e. The maximum Gasteiger partial charge on any atom is 0.281 e. The van der Waals surface area contributed by atoms with Gasteiger partial charge in [0.1, 0.15) is 11.6 Å². The number of aromatic hydroxyl groups is 1. The lowest BCUT2D eigenvalue weighted by Gasteiger charge is -2.10. The first-order chi connectivity index (χ1) is 10.5. The molecule has 0 unspecified atom stereocenters. The third-order valence-electron chi connectivity index (χ3n) is 3.18. The highest BCUT2D eigenvalue weighted by Gasteiger charge is 2.18. The molecule has 0 radical (unpaired) electrons. The summed E-state index contributed by atoms with van der Waals surface area (Å²) >= 11 is 3.32. The summed E-state index contributed by atoms with van der Waals surface area (Å²) in [6.07, 6.45) is 0. The smallest absolute Gasteiger partial charge is 0.281 e. The molecule has 0 saturated heterocycles. The molecule has 1 heterocycles. The standard InChI is InChI=1S/C15H13BrN4O2/c1-3-20-14(21)12(8-17)9(2)13(15(20)22)19-18-11-6-4-10(16)5-7-11/h4-7,21H,3H2,1-2H3. The van der Waals surface area contributed by atoms with Crippen molar-refractivity contribution in [2.45, 2.75) is 20.4 Å². The van der Waals surface area contributed by atoms with E-state index in [9.17, 15) is 9.90 Å². The molecular formula is C15H13BrN4O2. The Hall–Kier alpha value is -2.46. The fourth-order valence-electron chi connectivity index (χ4n) is 1.97. The molecule has 112 valence electrons. The Bertz CT molecular complexity index is 833. The summed E-state index contributed by atoms with van der Waals surface area (Å²) in [5.74, 6) is -0.338. The summed E-state index contributed by atoms with van der Waals surface area (Å²) < 4.78 is 2.01. The van der Waals surface area contributed by atoms with Crippen molar-refractivity contribution in [3.8, 4) is 11.9 Å². The summed E-state index contributed by atoms with van der Waals surface area (Å²) in [5.41, 5.74) is 0.509. The SMILES string of the molecule is CCn1c(O)c(C#N)c(C)c(N=Nc2ccc(Br)cc2)c1=O. The molecule has 0 aliphatic rings. The van der Waals surface area contributed by atoms with Crippen molar-refractivity contribution in [3.05, 3.63) is 50.2 Å². The second kappa shape index (κ2) is 6.54. The van der Waals surface area contributed by atoms with Crippen LogP contribution in [0.1, 0.15) is 18.1 Å². The molecule has 1 aromatic carbocycles. The lowest BCUT2D eigenvalue weighted by atomic mass is 10.1. The van der Waals surface area contributed by atoms with Crippen LogP contribution >= 0.6 is 15.9 Å². The monoisotopic (exact) mass is 360 g/mol. The van der Waals surface area contributed by atoms with Crippen molar-refractivity contribution >= 4 is 27.3 Å². The van der Waals surface area contributed by atoms with E-state index in [-0.39, 0.29) is 23.7 Å². The molecule has 0 atom stereocenters. The third-order valence-corrected chi connectivity index (χ3v) is 3.71. The predicted octanol–water partition coefficient (Wildman–Crippen LogP) is 3.93. The normalized spacial score (nSPS) is 10.8. The summed E-state index contributed by atoms with van der Waals surface area (Å²) in [7, 11) is 0. The van der Waals surface area contributed by atoms with Crippen molar-refractivity contribution in [1.82, 2.24) is 4.57 Å². The molecule has 6 nitrogen and oxygen atoms in total. The number of nitriles is 1. The molecular weight excluding hydrogens is 348 g/mol. The Kier molecular flexibility index (Phi) is 4.73. The van der Waals surface area contributed by atoms with Crippen LogP contribution in [0.4, 0.5) is 11.4 Å². The molecule has 22 heavy (non-hydrogen) atoms. The fraction of sp³-hybridized carbons (Fsp3) is 0.200. The summed E-state index contributed by atoms with van der Waals surface area (Å²) in [6.45, 7) is 3.50. The zero-order chi connectivity index (χ0) is 16.3. The van der Waals surface area contributed by atoms with Crippen LogP contribution in [0.5, 0.6) is 5.88 Å². The van der Waals surface area contributed by atoms with Crippen molar-refractivity contribution in [1.29, 1.82) is 5.26 Å². The van der Waals surface area contributed by atoms with Gasteiger partial charge in [-0.05, 0) is 38.1 Å². The van der Waals surface area contributed by atoms with Gasteiger partial charge in [0.25, 0.3) is 5.56 Å². The minimum atomic E-state index is -0.475.